The summed E-state index contributed by atoms with van der Waals surface area (Å²) in [5, 5.41) is 5.13. The number of nitrogens with one attached hydrogen (secondary N) is 1. The number of hydrogen-bond donors (Lipinski definition) is 1. The van der Waals surface area contributed by atoms with E-state index in [1.807, 2.05) is 61.7 Å². The third kappa shape index (κ3) is 5.16. The molecule has 2 heterocycles. The largest absolute Gasteiger partial charge is 0.463 e. The summed E-state index contributed by atoms with van der Waals surface area (Å²) < 4.78 is 10.7. The molecule has 3 rings (SSSR count). The molecule has 0 saturated heterocycles. The van der Waals surface area contributed by atoms with Gasteiger partial charge in [0, 0.05) is 16.8 Å². The zero-order valence-electron chi connectivity index (χ0n) is 18.8. The van der Waals surface area contributed by atoms with Gasteiger partial charge in [-0.05, 0) is 44.7 Å². The molecule has 1 aliphatic rings. The van der Waals surface area contributed by atoms with Crippen molar-refractivity contribution in [3.8, 4) is 0 Å². The predicted molar refractivity (Wildman–Crippen MR) is 127 cm³/mol. The van der Waals surface area contributed by atoms with Crippen LogP contribution in [0.3, 0.4) is 0 Å². The van der Waals surface area contributed by atoms with Gasteiger partial charge in [-0.25, -0.2) is 9.59 Å². The number of carbonyl (C=O) groups excluding carboxylic acids is 2. The van der Waals surface area contributed by atoms with E-state index in [0.29, 0.717) is 22.5 Å². The number of nitrogens with zero attached hydrogens (tertiary/aromatic N) is 1. The van der Waals surface area contributed by atoms with Gasteiger partial charge >= 0.3 is 11.9 Å². The van der Waals surface area contributed by atoms with Crippen LogP contribution in [0.4, 0.5) is 0 Å². The molecule has 0 aliphatic carbocycles. The molecule has 1 aromatic heterocycles. The van der Waals surface area contributed by atoms with Crippen LogP contribution in [0, 0.1) is 0 Å². The summed E-state index contributed by atoms with van der Waals surface area (Å²) in [6.07, 6.45) is 1.66. The van der Waals surface area contributed by atoms with Crippen molar-refractivity contribution in [2.75, 3.05) is 13.2 Å². The van der Waals surface area contributed by atoms with Crippen LogP contribution in [-0.2, 0) is 19.1 Å². The van der Waals surface area contributed by atoms with Crippen LogP contribution in [0.25, 0.3) is 0 Å². The lowest BCUT2D eigenvalue weighted by Gasteiger charge is -2.29. The highest BCUT2D eigenvalue weighted by Gasteiger charge is 2.39. The number of aliphatic imine (C=N–C) groups is 1. The highest BCUT2D eigenvalue weighted by Crippen LogP contribution is 2.41. The van der Waals surface area contributed by atoms with Gasteiger partial charge in [-0.1, -0.05) is 36.4 Å². The summed E-state index contributed by atoms with van der Waals surface area (Å²) in [6, 6.07) is 13.6. The van der Waals surface area contributed by atoms with Crippen molar-refractivity contribution >= 4 is 29.5 Å². The van der Waals surface area contributed by atoms with Crippen molar-refractivity contribution in [2.45, 2.75) is 39.7 Å². The lowest BCUT2D eigenvalue weighted by atomic mass is 9.84. The number of hydrogen-bond acceptors (Lipinski definition) is 7. The number of ether oxygens (including phenoxy) is 2. The summed E-state index contributed by atoms with van der Waals surface area (Å²) in [5.74, 6) is -1.53. The third-order valence-corrected chi connectivity index (χ3v) is 6.06. The van der Waals surface area contributed by atoms with E-state index in [9.17, 15) is 9.59 Å². The molecule has 0 bridgehead atoms. The normalized spacial score (nSPS) is 17.3. The summed E-state index contributed by atoms with van der Waals surface area (Å²) in [6.45, 7) is 7.78. The summed E-state index contributed by atoms with van der Waals surface area (Å²) >= 11 is 1.48. The van der Waals surface area contributed by atoms with Crippen LogP contribution in [-0.4, -0.2) is 31.4 Å². The number of allylic oxidation sites excluding steroid dienone is 2. The topological polar surface area (TPSA) is 77.0 Å². The van der Waals surface area contributed by atoms with Crippen LogP contribution >= 0.6 is 11.3 Å². The van der Waals surface area contributed by atoms with Gasteiger partial charge in [0.1, 0.15) is 0 Å². The first kappa shape index (κ1) is 23.5. The van der Waals surface area contributed by atoms with Crippen molar-refractivity contribution in [3.63, 3.8) is 0 Å². The van der Waals surface area contributed by atoms with E-state index in [0.717, 1.165) is 10.4 Å². The van der Waals surface area contributed by atoms with Crippen LogP contribution < -0.4 is 5.32 Å². The Labute approximate surface area is 192 Å². The van der Waals surface area contributed by atoms with Crippen molar-refractivity contribution in [2.24, 2.45) is 4.99 Å². The van der Waals surface area contributed by atoms with Crippen molar-refractivity contribution in [3.05, 3.63) is 80.8 Å². The van der Waals surface area contributed by atoms with Crippen LogP contribution in [0.15, 0.2) is 75.4 Å². The van der Waals surface area contributed by atoms with Gasteiger partial charge in [0.2, 0.25) is 0 Å². The van der Waals surface area contributed by atoms with E-state index in [4.69, 9.17) is 9.47 Å². The molecule has 1 aliphatic heterocycles. The average Bonchev–Trinajstić information content (AvgIpc) is 3.32. The zero-order valence-corrected chi connectivity index (χ0v) is 19.6. The Balaban J connectivity index is 2.10. The molecule has 0 spiro atoms. The minimum absolute atomic E-state index is 0.107. The van der Waals surface area contributed by atoms with Crippen LogP contribution in [0.2, 0.25) is 0 Å². The fourth-order valence-electron chi connectivity index (χ4n) is 3.62. The number of rotatable bonds is 8. The van der Waals surface area contributed by atoms with E-state index >= 15 is 0 Å². The van der Waals surface area contributed by atoms with Crippen LogP contribution in [0.5, 0.6) is 0 Å². The van der Waals surface area contributed by atoms with E-state index in [2.05, 4.69) is 10.3 Å². The molecule has 0 fully saturated rings. The van der Waals surface area contributed by atoms with Gasteiger partial charge in [0.15, 0.2) is 0 Å². The molecule has 0 radical (unpaired) electrons. The SMILES string of the molecule is CCOC(=O)C1=C(C)NC(C=N[C@H](C)c2ccccc2)=C(C(=O)OCC)[C@H]1c1cccs1. The molecular weight excluding hydrogens is 424 g/mol. The Morgan fingerprint density at radius 3 is 2.31 bits per heavy atom. The Morgan fingerprint density at radius 1 is 1.06 bits per heavy atom. The van der Waals surface area contributed by atoms with Gasteiger partial charge in [0.25, 0.3) is 0 Å². The van der Waals surface area contributed by atoms with Gasteiger partial charge in [-0.15, -0.1) is 11.3 Å². The van der Waals surface area contributed by atoms with Gasteiger partial charge in [-0.3, -0.25) is 4.99 Å². The Kier molecular flexibility index (Phi) is 8.00. The van der Waals surface area contributed by atoms with Crippen LogP contribution in [0.1, 0.15) is 50.1 Å². The molecule has 0 unspecified atom stereocenters. The van der Waals surface area contributed by atoms with Gasteiger partial charge in [0.05, 0.1) is 42.0 Å². The average molecular weight is 453 g/mol. The highest BCUT2D eigenvalue weighted by molar-refractivity contribution is 7.10. The van der Waals surface area contributed by atoms with Crippen molar-refractivity contribution < 1.29 is 19.1 Å². The van der Waals surface area contributed by atoms with Crippen molar-refractivity contribution in [1.82, 2.24) is 5.32 Å². The molecule has 32 heavy (non-hydrogen) atoms. The predicted octanol–water partition coefficient (Wildman–Crippen LogP) is 4.92. The Hall–Kier alpha value is -3.19. The Bertz CT molecular complexity index is 1040. The molecule has 1 aromatic carbocycles. The second-order valence-corrected chi connectivity index (χ2v) is 8.22. The monoisotopic (exact) mass is 452 g/mol. The van der Waals surface area contributed by atoms with E-state index in [-0.39, 0.29) is 19.3 Å². The molecule has 2 aromatic rings. The van der Waals surface area contributed by atoms with E-state index < -0.39 is 17.9 Å². The first-order chi connectivity index (χ1) is 15.5. The number of carbonyl (C=O) groups is 2. The van der Waals surface area contributed by atoms with E-state index in [1.165, 1.54) is 11.3 Å². The second-order valence-electron chi connectivity index (χ2n) is 7.25. The fraction of sp³-hybridized carbons (Fsp3) is 0.320. The summed E-state index contributed by atoms with van der Waals surface area (Å²) in [7, 11) is 0. The fourth-order valence-corrected chi connectivity index (χ4v) is 4.46. The first-order valence-electron chi connectivity index (χ1n) is 10.7. The molecule has 0 amide bonds. The number of thiophene rings is 1. The number of dihydropyridines is 1. The Morgan fingerprint density at radius 2 is 1.72 bits per heavy atom. The maximum atomic E-state index is 13.1. The first-order valence-corrected chi connectivity index (χ1v) is 11.5. The molecular formula is C25H28N2O4S. The highest BCUT2D eigenvalue weighted by atomic mass is 32.1. The molecule has 6 nitrogen and oxygen atoms in total. The quantitative estimate of drug-likeness (QED) is 0.454. The second kappa shape index (κ2) is 10.9. The molecule has 2 atom stereocenters. The lowest BCUT2D eigenvalue weighted by molar-refractivity contribution is -0.139. The number of benzene rings is 1. The molecule has 168 valence electrons. The summed E-state index contributed by atoms with van der Waals surface area (Å²) in [4.78, 5) is 31.5. The molecule has 1 N–H and O–H groups in total. The molecule has 0 saturated carbocycles. The maximum Gasteiger partial charge on any atom is 0.337 e. The summed E-state index contributed by atoms with van der Waals surface area (Å²) in [5.41, 5.74) is 2.98. The number of esters is 2. The standard InChI is InChI=1S/C25H28N2O4S/c1-5-30-24(28)21-17(4)27-19(15-26-16(3)18-11-8-7-9-12-18)22(25(29)31-6-2)23(21)20-13-10-14-32-20/h7-16,23,27H,5-6H2,1-4H3/t16-,23+/m1/s1. The van der Waals surface area contributed by atoms with E-state index in [1.54, 1.807) is 20.1 Å². The smallest absolute Gasteiger partial charge is 0.337 e. The molecule has 7 heteroatoms. The van der Waals surface area contributed by atoms with Crippen molar-refractivity contribution in [1.29, 1.82) is 0 Å². The maximum absolute atomic E-state index is 13.1. The third-order valence-electron chi connectivity index (χ3n) is 5.12. The van der Waals surface area contributed by atoms with Gasteiger partial charge in [-0.2, -0.15) is 0 Å². The van der Waals surface area contributed by atoms with Gasteiger partial charge < -0.3 is 14.8 Å². The minimum Gasteiger partial charge on any atom is -0.463 e. The minimum atomic E-state index is -0.595. The lowest BCUT2D eigenvalue weighted by Crippen LogP contribution is -2.33. The zero-order chi connectivity index (χ0) is 23.1.